The lowest BCUT2D eigenvalue weighted by atomic mass is 10.2. The minimum Gasteiger partial charge on any atom is -0.381 e. The van der Waals surface area contributed by atoms with Crippen molar-refractivity contribution in [2.45, 2.75) is 13.5 Å². The van der Waals surface area contributed by atoms with Gasteiger partial charge in [0.2, 0.25) is 10.0 Å². The third-order valence-electron chi connectivity index (χ3n) is 2.66. The molecular formula is C13H15BrN2O2S2. The molecule has 0 saturated heterocycles. The Kier molecular flexibility index (Phi) is 5.06. The predicted octanol–water partition coefficient (Wildman–Crippen LogP) is 3.88. The Morgan fingerprint density at radius 1 is 1.20 bits per heavy atom. The Labute approximate surface area is 131 Å². The summed E-state index contributed by atoms with van der Waals surface area (Å²) >= 11 is 5.08. The second-order valence-corrected chi connectivity index (χ2v) is 8.50. The van der Waals surface area contributed by atoms with E-state index in [1.165, 1.54) is 5.56 Å². The highest BCUT2D eigenvalue weighted by atomic mass is 79.9. The van der Waals surface area contributed by atoms with Crippen molar-refractivity contribution in [3.8, 4) is 0 Å². The third-order valence-corrected chi connectivity index (χ3v) is 5.52. The van der Waals surface area contributed by atoms with Gasteiger partial charge in [0, 0.05) is 17.9 Å². The average Bonchev–Trinajstić information content (AvgIpc) is 2.83. The molecule has 2 rings (SSSR count). The van der Waals surface area contributed by atoms with Gasteiger partial charge in [0.05, 0.1) is 9.54 Å². The zero-order chi connectivity index (χ0) is 14.6. The van der Waals surface area contributed by atoms with E-state index in [0.717, 1.165) is 16.0 Å². The first-order valence-electron chi connectivity index (χ1n) is 6.06. The van der Waals surface area contributed by atoms with Crippen molar-refractivity contribution in [1.82, 2.24) is 0 Å². The van der Waals surface area contributed by atoms with Crippen LogP contribution in [0.15, 0.2) is 39.5 Å². The quantitative estimate of drug-likeness (QED) is 0.806. The molecule has 1 aromatic heterocycles. The first-order valence-corrected chi connectivity index (χ1v) is 9.38. The number of hydrogen-bond donors (Lipinski definition) is 2. The smallest absolute Gasteiger partial charge is 0.232 e. The highest BCUT2D eigenvalue weighted by Crippen LogP contribution is 2.22. The predicted molar refractivity (Wildman–Crippen MR) is 88.9 cm³/mol. The summed E-state index contributed by atoms with van der Waals surface area (Å²) < 4.78 is 26.5. The summed E-state index contributed by atoms with van der Waals surface area (Å²) in [4.78, 5) is 0. The molecule has 1 heterocycles. The van der Waals surface area contributed by atoms with Crippen LogP contribution in [0.5, 0.6) is 0 Å². The highest BCUT2D eigenvalue weighted by molar-refractivity contribution is 9.11. The van der Waals surface area contributed by atoms with Gasteiger partial charge in [-0.05, 0) is 64.1 Å². The SMILES string of the molecule is CCS(=O)(=O)Nc1ccc(NCc2csc(Br)c2)cc1. The van der Waals surface area contributed by atoms with E-state index in [-0.39, 0.29) is 5.75 Å². The average molecular weight is 375 g/mol. The molecule has 0 aliphatic heterocycles. The topological polar surface area (TPSA) is 58.2 Å². The lowest BCUT2D eigenvalue weighted by Gasteiger charge is -2.08. The fourth-order valence-corrected chi connectivity index (χ4v) is 3.40. The molecule has 0 unspecified atom stereocenters. The summed E-state index contributed by atoms with van der Waals surface area (Å²) in [6.07, 6.45) is 0. The van der Waals surface area contributed by atoms with Gasteiger partial charge in [0.15, 0.2) is 0 Å². The maximum absolute atomic E-state index is 11.4. The molecule has 0 amide bonds. The zero-order valence-electron chi connectivity index (χ0n) is 10.9. The zero-order valence-corrected chi connectivity index (χ0v) is 14.1. The van der Waals surface area contributed by atoms with Crippen LogP contribution in [0.25, 0.3) is 0 Å². The maximum atomic E-state index is 11.4. The largest absolute Gasteiger partial charge is 0.381 e. The molecule has 0 atom stereocenters. The Morgan fingerprint density at radius 2 is 1.85 bits per heavy atom. The number of hydrogen-bond acceptors (Lipinski definition) is 4. The monoisotopic (exact) mass is 374 g/mol. The molecule has 7 heteroatoms. The van der Waals surface area contributed by atoms with Crippen molar-refractivity contribution in [3.63, 3.8) is 0 Å². The molecule has 0 fully saturated rings. The molecule has 1 aromatic carbocycles. The Bertz CT molecular complexity index is 666. The van der Waals surface area contributed by atoms with Crippen molar-refractivity contribution in [2.75, 3.05) is 15.8 Å². The van der Waals surface area contributed by atoms with Gasteiger partial charge in [-0.15, -0.1) is 11.3 Å². The van der Waals surface area contributed by atoms with Gasteiger partial charge in [-0.1, -0.05) is 0 Å². The van der Waals surface area contributed by atoms with Crippen LogP contribution in [0.3, 0.4) is 0 Å². The summed E-state index contributed by atoms with van der Waals surface area (Å²) in [5.74, 6) is 0.0695. The van der Waals surface area contributed by atoms with E-state index in [0.29, 0.717) is 5.69 Å². The maximum Gasteiger partial charge on any atom is 0.232 e. The van der Waals surface area contributed by atoms with E-state index in [2.05, 4.69) is 37.4 Å². The molecule has 108 valence electrons. The minimum absolute atomic E-state index is 0.0695. The van der Waals surface area contributed by atoms with E-state index < -0.39 is 10.0 Å². The Morgan fingerprint density at radius 3 is 2.40 bits per heavy atom. The number of benzene rings is 1. The van der Waals surface area contributed by atoms with Gasteiger partial charge in [0.25, 0.3) is 0 Å². The number of nitrogens with one attached hydrogen (secondary N) is 2. The van der Waals surface area contributed by atoms with Gasteiger partial charge in [0.1, 0.15) is 0 Å². The van der Waals surface area contributed by atoms with E-state index >= 15 is 0 Å². The minimum atomic E-state index is -3.21. The van der Waals surface area contributed by atoms with Crippen LogP contribution in [-0.4, -0.2) is 14.2 Å². The fourth-order valence-electron chi connectivity index (χ4n) is 1.55. The van der Waals surface area contributed by atoms with E-state index in [4.69, 9.17) is 0 Å². The summed E-state index contributed by atoms with van der Waals surface area (Å²) in [5, 5.41) is 5.37. The van der Waals surface area contributed by atoms with Crippen LogP contribution in [0.2, 0.25) is 0 Å². The molecule has 0 spiro atoms. The molecule has 4 nitrogen and oxygen atoms in total. The summed E-state index contributed by atoms with van der Waals surface area (Å²) in [7, 11) is -3.21. The summed E-state index contributed by atoms with van der Waals surface area (Å²) in [5.41, 5.74) is 2.74. The molecule has 0 bridgehead atoms. The Hall–Kier alpha value is -1.05. The number of halogens is 1. The molecule has 2 aromatic rings. The number of thiophene rings is 1. The van der Waals surface area contributed by atoms with Gasteiger partial charge >= 0.3 is 0 Å². The normalized spacial score (nSPS) is 11.3. The van der Waals surface area contributed by atoms with E-state index in [9.17, 15) is 8.42 Å². The first-order chi connectivity index (χ1) is 9.48. The fraction of sp³-hybridized carbons (Fsp3) is 0.231. The number of rotatable bonds is 6. The van der Waals surface area contributed by atoms with Gasteiger partial charge < -0.3 is 5.32 Å². The molecular weight excluding hydrogens is 360 g/mol. The first kappa shape index (κ1) is 15.3. The highest BCUT2D eigenvalue weighted by Gasteiger charge is 2.06. The molecule has 2 N–H and O–H groups in total. The van der Waals surface area contributed by atoms with Crippen molar-refractivity contribution in [3.05, 3.63) is 45.1 Å². The van der Waals surface area contributed by atoms with Crippen LogP contribution >= 0.6 is 27.3 Å². The van der Waals surface area contributed by atoms with Crippen molar-refractivity contribution >= 4 is 48.7 Å². The van der Waals surface area contributed by atoms with Crippen molar-refractivity contribution < 1.29 is 8.42 Å². The number of anilines is 2. The van der Waals surface area contributed by atoms with Crippen LogP contribution in [0.4, 0.5) is 11.4 Å². The Balaban J connectivity index is 1.94. The van der Waals surface area contributed by atoms with Gasteiger partial charge in [-0.3, -0.25) is 4.72 Å². The molecule has 0 saturated carbocycles. The molecule has 20 heavy (non-hydrogen) atoms. The second-order valence-electron chi connectivity index (χ2n) is 4.20. The van der Waals surface area contributed by atoms with Gasteiger partial charge in [-0.25, -0.2) is 8.42 Å². The number of sulfonamides is 1. The van der Waals surface area contributed by atoms with Crippen LogP contribution in [0, 0.1) is 0 Å². The second kappa shape index (κ2) is 6.60. The molecule has 0 radical (unpaired) electrons. The standard InChI is InChI=1S/C13H15BrN2O2S2/c1-2-20(17,18)16-12-5-3-11(4-6-12)15-8-10-7-13(14)19-9-10/h3-7,9,15-16H,2,8H2,1H3. The van der Waals surface area contributed by atoms with Crippen LogP contribution < -0.4 is 10.0 Å². The lowest BCUT2D eigenvalue weighted by molar-refractivity contribution is 0.602. The molecule has 0 aliphatic carbocycles. The summed E-state index contributed by atoms with van der Waals surface area (Å²) in [6, 6.07) is 9.28. The van der Waals surface area contributed by atoms with Crippen LogP contribution in [0.1, 0.15) is 12.5 Å². The van der Waals surface area contributed by atoms with Crippen molar-refractivity contribution in [1.29, 1.82) is 0 Å². The molecule has 0 aliphatic rings. The van der Waals surface area contributed by atoms with E-state index in [1.807, 2.05) is 12.1 Å². The van der Waals surface area contributed by atoms with E-state index in [1.54, 1.807) is 30.4 Å². The lowest BCUT2D eigenvalue weighted by Crippen LogP contribution is -2.14. The summed E-state index contributed by atoms with van der Waals surface area (Å²) in [6.45, 7) is 2.35. The van der Waals surface area contributed by atoms with Crippen LogP contribution in [-0.2, 0) is 16.6 Å². The van der Waals surface area contributed by atoms with Gasteiger partial charge in [-0.2, -0.15) is 0 Å². The third kappa shape index (κ3) is 4.50. The van der Waals surface area contributed by atoms with Crippen molar-refractivity contribution in [2.24, 2.45) is 0 Å².